The Balaban J connectivity index is 2.48. The molecule has 0 saturated carbocycles. The lowest BCUT2D eigenvalue weighted by Crippen LogP contribution is -2.67. The third kappa shape index (κ3) is 3.66. The summed E-state index contributed by atoms with van der Waals surface area (Å²) in [6, 6.07) is 0.237. The van der Waals surface area contributed by atoms with Gasteiger partial charge in [-0.25, -0.2) is 5.48 Å². The molecule has 1 heterocycles. The third-order valence-electron chi connectivity index (χ3n) is 4.19. The van der Waals surface area contributed by atoms with Crippen molar-refractivity contribution < 1.29 is 34.2 Å². The summed E-state index contributed by atoms with van der Waals surface area (Å²) in [4.78, 5) is 22.2. The van der Waals surface area contributed by atoms with Crippen LogP contribution in [0.15, 0.2) is 41.8 Å². The Labute approximate surface area is 145 Å². The van der Waals surface area contributed by atoms with Gasteiger partial charge in [-0.1, -0.05) is 25.5 Å². The zero-order valence-electron chi connectivity index (χ0n) is 13.2. The van der Waals surface area contributed by atoms with Crippen LogP contribution in [-0.4, -0.2) is 36.7 Å². The van der Waals surface area contributed by atoms with E-state index < -0.39 is 32.5 Å². The van der Waals surface area contributed by atoms with E-state index in [1.165, 1.54) is 11.6 Å². The molecule has 0 bridgehead atoms. The van der Waals surface area contributed by atoms with E-state index in [4.69, 9.17) is 5.21 Å². The molecule has 1 aliphatic rings. The van der Waals surface area contributed by atoms with Crippen molar-refractivity contribution in [3.8, 4) is 0 Å². The van der Waals surface area contributed by atoms with Gasteiger partial charge in [-0.15, -0.1) is 6.58 Å². The van der Waals surface area contributed by atoms with Crippen LogP contribution in [0.25, 0.3) is 0 Å². The van der Waals surface area contributed by atoms with Gasteiger partial charge in [0.1, 0.15) is 10.9 Å². The lowest BCUT2D eigenvalue weighted by Gasteiger charge is -2.48. The number of anilines is 1. The molecule has 0 aromatic heterocycles. The Morgan fingerprint density at radius 3 is 2.12 bits per heavy atom. The van der Waals surface area contributed by atoms with Crippen molar-refractivity contribution in [3.05, 3.63) is 36.9 Å². The zero-order chi connectivity index (χ0) is 19.9. The highest BCUT2D eigenvalue weighted by Crippen LogP contribution is 3.02. The maximum absolute atomic E-state index is 12.8. The summed E-state index contributed by atoms with van der Waals surface area (Å²) in [5, 5.41) is 11.8. The van der Waals surface area contributed by atoms with Crippen LogP contribution in [0.4, 0.5) is 25.1 Å². The smallest absolute Gasteiger partial charge is 0.310 e. The van der Waals surface area contributed by atoms with Gasteiger partial charge in [0.2, 0.25) is 6.41 Å². The fourth-order valence-corrected chi connectivity index (χ4v) is 3.39. The van der Waals surface area contributed by atoms with Gasteiger partial charge in [-0.3, -0.25) is 14.8 Å². The Kier molecular flexibility index (Phi) is 4.38. The average Bonchev–Trinajstić information content (AvgIpc) is 2.51. The summed E-state index contributed by atoms with van der Waals surface area (Å²) in [5.41, 5.74) is 0.173. The number of carbonyl (C=O) groups is 2. The van der Waals surface area contributed by atoms with Crippen LogP contribution in [-0.2, 0) is 9.59 Å². The third-order valence-corrected chi connectivity index (χ3v) is 5.35. The van der Waals surface area contributed by atoms with E-state index in [0.717, 1.165) is 4.90 Å². The first-order valence-electron chi connectivity index (χ1n) is 7.14. The van der Waals surface area contributed by atoms with Crippen LogP contribution in [0.1, 0.15) is 0 Å². The van der Waals surface area contributed by atoms with Crippen molar-refractivity contribution in [3.63, 3.8) is 0 Å². The molecule has 1 aromatic carbocycles. The fourth-order valence-electron chi connectivity index (χ4n) is 2.73. The summed E-state index contributed by atoms with van der Waals surface area (Å²) in [7, 11) is -9.86. The topological polar surface area (TPSA) is 81.7 Å². The number of nitrogens with zero attached hydrogens (tertiary/aromatic N) is 1. The van der Waals surface area contributed by atoms with E-state index in [0.29, 0.717) is 12.1 Å². The second kappa shape index (κ2) is 5.66. The molecule has 2 rings (SSSR count). The van der Waals surface area contributed by atoms with Crippen molar-refractivity contribution in [1.82, 2.24) is 10.8 Å². The van der Waals surface area contributed by atoms with Gasteiger partial charge in [-0.2, -0.15) is 0 Å². The van der Waals surface area contributed by atoms with Crippen LogP contribution >= 0.6 is 10.2 Å². The van der Waals surface area contributed by atoms with E-state index in [9.17, 15) is 29.0 Å². The quantitative estimate of drug-likeness (QED) is 0.216. The second-order valence-corrected chi connectivity index (χ2v) is 8.30. The first-order chi connectivity index (χ1) is 11.8. The lowest BCUT2D eigenvalue weighted by molar-refractivity contribution is -0.134. The van der Waals surface area contributed by atoms with Crippen molar-refractivity contribution in [2.45, 2.75) is 10.9 Å². The van der Waals surface area contributed by atoms with Gasteiger partial charge >= 0.3 is 10.2 Å². The predicted molar refractivity (Wildman–Crippen MR) is 85.6 cm³/mol. The zero-order valence-corrected chi connectivity index (χ0v) is 14.0. The first kappa shape index (κ1) is 20.1. The van der Waals surface area contributed by atoms with Crippen molar-refractivity contribution >= 4 is 28.2 Å². The molecule has 1 fully saturated rings. The normalized spacial score (nSPS) is 19.9. The molecule has 0 spiro atoms. The largest absolute Gasteiger partial charge is 0.315 e. The van der Waals surface area contributed by atoms with Crippen molar-refractivity contribution in [2.75, 3.05) is 18.0 Å². The maximum Gasteiger partial charge on any atom is 0.310 e. The molecule has 6 nitrogen and oxygen atoms in total. The summed E-state index contributed by atoms with van der Waals surface area (Å²) >= 11 is 0. The molecule has 1 aliphatic heterocycles. The lowest BCUT2D eigenvalue weighted by atomic mass is 9.73. The van der Waals surface area contributed by atoms with E-state index in [1.807, 2.05) is 0 Å². The molecule has 1 atom stereocenters. The second-order valence-electron chi connectivity index (χ2n) is 5.89. The van der Waals surface area contributed by atoms with Gasteiger partial charge < -0.3 is 10.2 Å². The molecule has 1 saturated heterocycles. The summed E-state index contributed by atoms with van der Waals surface area (Å²) in [5.74, 6) is -1.00. The average molecular weight is 401 g/mol. The van der Waals surface area contributed by atoms with Crippen LogP contribution in [0.5, 0.6) is 0 Å². The first-order valence-corrected chi connectivity index (χ1v) is 9.09. The number of nitrogens with one attached hydrogen (secondary N) is 2. The molecule has 0 radical (unpaired) electrons. The van der Waals surface area contributed by atoms with Crippen molar-refractivity contribution in [1.29, 1.82) is 0 Å². The number of amides is 2. The molecule has 146 valence electrons. The molecule has 3 N–H and O–H groups in total. The standard InChI is InChI=1S/C14H16F5N3O3S/c1-2-14(7-20-8-14)12(13(24)21-25)22(9-23)10-3-5-11(6-4-10)26(15,16,17,18)19/h2-6,9,12,20,25H,1,7-8H2,(H,21,24)/t12-/m1/s1. The number of rotatable bonds is 7. The highest BCUT2D eigenvalue weighted by Gasteiger charge is 2.65. The highest BCUT2D eigenvalue weighted by molar-refractivity contribution is 8.45. The van der Waals surface area contributed by atoms with Crippen LogP contribution in [0.2, 0.25) is 0 Å². The number of hydrogen-bond donors (Lipinski definition) is 3. The van der Waals surface area contributed by atoms with Crippen LogP contribution in [0, 0.1) is 5.41 Å². The molecule has 0 aliphatic carbocycles. The summed E-state index contributed by atoms with van der Waals surface area (Å²) in [6.07, 6.45) is 1.54. The van der Waals surface area contributed by atoms with Gasteiger partial charge in [0.15, 0.2) is 0 Å². The van der Waals surface area contributed by atoms with E-state index in [1.54, 1.807) is 0 Å². The number of halogens is 5. The minimum Gasteiger partial charge on any atom is -0.315 e. The van der Waals surface area contributed by atoms with E-state index >= 15 is 0 Å². The van der Waals surface area contributed by atoms with Gasteiger partial charge in [0.05, 0.1) is 0 Å². The predicted octanol–water partition coefficient (Wildman–Crippen LogP) is 2.96. The molecule has 12 heteroatoms. The monoisotopic (exact) mass is 401 g/mol. The molecule has 1 aromatic rings. The van der Waals surface area contributed by atoms with E-state index in [-0.39, 0.29) is 37.3 Å². The number of benzene rings is 1. The van der Waals surface area contributed by atoms with E-state index in [2.05, 4.69) is 11.9 Å². The molecule has 26 heavy (non-hydrogen) atoms. The molecular formula is C14H16F5N3O3S. The van der Waals surface area contributed by atoms with Gasteiger partial charge in [0.25, 0.3) is 5.91 Å². The SMILES string of the molecule is C=CC1([C@@H](C(=O)NO)N(C=O)c2ccc(S(F)(F)(F)(F)F)cc2)CNC1. The fraction of sp³-hybridized carbons (Fsp3) is 0.286. The Bertz CT molecular complexity index is 735. The number of hydrogen-bond acceptors (Lipinski definition) is 4. The molecule has 0 unspecified atom stereocenters. The van der Waals surface area contributed by atoms with Gasteiger partial charge in [0, 0.05) is 24.2 Å². The number of carbonyl (C=O) groups excluding carboxylic acids is 2. The Morgan fingerprint density at radius 2 is 1.81 bits per heavy atom. The molecular weight excluding hydrogens is 385 g/mol. The maximum atomic E-state index is 12.8. The van der Waals surface area contributed by atoms with Crippen LogP contribution < -0.4 is 15.7 Å². The highest BCUT2D eigenvalue weighted by atomic mass is 32.5. The minimum atomic E-state index is -9.86. The summed E-state index contributed by atoms with van der Waals surface area (Å²) < 4.78 is 64.0. The Hall–Kier alpha value is -2.18. The van der Waals surface area contributed by atoms with Crippen LogP contribution in [0.3, 0.4) is 0 Å². The minimum absolute atomic E-state index is 0.140. The summed E-state index contributed by atoms with van der Waals surface area (Å²) in [6.45, 7) is 4.00. The molecule has 2 amide bonds. The van der Waals surface area contributed by atoms with Crippen molar-refractivity contribution in [2.24, 2.45) is 5.41 Å². The number of hydroxylamine groups is 1. The van der Waals surface area contributed by atoms with Gasteiger partial charge in [-0.05, 0) is 24.3 Å². The Morgan fingerprint density at radius 1 is 1.27 bits per heavy atom.